The Labute approximate surface area is 160 Å². The molecule has 2 fully saturated rings. The third-order valence-corrected chi connectivity index (χ3v) is 5.75. The maximum Gasteiger partial charge on any atom is 0.409 e. The summed E-state index contributed by atoms with van der Waals surface area (Å²) in [6, 6.07) is 0. The van der Waals surface area contributed by atoms with Crippen molar-refractivity contribution in [3.8, 4) is 0 Å². The fraction of sp³-hybridized carbons (Fsp3) is 0.737. The molecule has 8 heteroatoms. The molecule has 0 N–H and O–H groups in total. The molecule has 0 unspecified atom stereocenters. The Morgan fingerprint density at radius 2 is 2.04 bits per heavy atom. The molecule has 1 aromatic heterocycles. The molecule has 27 heavy (non-hydrogen) atoms. The van der Waals surface area contributed by atoms with Crippen LogP contribution < -0.4 is 0 Å². The van der Waals surface area contributed by atoms with E-state index in [0.717, 1.165) is 45.3 Å². The van der Waals surface area contributed by atoms with Crippen LogP contribution in [0, 0.1) is 5.41 Å². The van der Waals surface area contributed by atoms with Crippen LogP contribution in [0.5, 0.6) is 0 Å². The van der Waals surface area contributed by atoms with E-state index in [9.17, 15) is 9.59 Å². The number of aryl methyl sites for hydroxylation is 1. The van der Waals surface area contributed by atoms with Gasteiger partial charge in [-0.1, -0.05) is 0 Å². The number of amides is 2. The highest BCUT2D eigenvalue weighted by molar-refractivity contribution is 5.77. The summed E-state index contributed by atoms with van der Waals surface area (Å²) in [6.45, 7) is 4.56. The number of hydrogen-bond acceptors (Lipinski definition) is 5. The summed E-state index contributed by atoms with van der Waals surface area (Å²) >= 11 is 0. The minimum atomic E-state index is -0.258. The van der Waals surface area contributed by atoms with Crippen molar-refractivity contribution in [1.29, 1.82) is 0 Å². The van der Waals surface area contributed by atoms with Crippen molar-refractivity contribution in [3.05, 3.63) is 18.7 Å². The SMILES string of the molecule is COCCOC(=O)N1CCC2(CCC(=O)N(CCCn3ccnc3)C2)CC1. The van der Waals surface area contributed by atoms with Gasteiger partial charge in [-0.25, -0.2) is 9.78 Å². The largest absolute Gasteiger partial charge is 0.447 e. The van der Waals surface area contributed by atoms with Crippen molar-refractivity contribution < 1.29 is 19.1 Å². The lowest BCUT2D eigenvalue weighted by atomic mass is 9.72. The summed E-state index contributed by atoms with van der Waals surface area (Å²) < 4.78 is 12.2. The van der Waals surface area contributed by atoms with Gasteiger partial charge in [-0.15, -0.1) is 0 Å². The van der Waals surface area contributed by atoms with E-state index in [0.29, 0.717) is 26.1 Å². The van der Waals surface area contributed by atoms with Crippen LogP contribution in [0.25, 0.3) is 0 Å². The Balaban J connectivity index is 1.45. The van der Waals surface area contributed by atoms with Crippen molar-refractivity contribution in [1.82, 2.24) is 19.4 Å². The number of carbonyl (C=O) groups excluding carboxylic acids is 2. The van der Waals surface area contributed by atoms with Gasteiger partial charge >= 0.3 is 6.09 Å². The average molecular weight is 378 g/mol. The van der Waals surface area contributed by atoms with E-state index in [4.69, 9.17) is 9.47 Å². The second-order valence-electron chi connectivity index (χ2n) is 7.56. The van der Waals surface area contributed by atoms with Crippen LogP contribution in [0.2, 0.25) is 0 Å². The van der Waals surface area contributed by atoms with Crippen LogP contribution in [0.4, 0.5) is 4.79 Å². The van der Waals surface area contributed by atoms with Crippen molar-refractivity contribution in [2.45, 2.75) is 38.6 Å². The van der Waals surface area contributed by atoms with Gasteiger partial charge in [-0.05, 0) is 31.1 Å². The first-order chi connectivity index (χ1) is 13.1. The van der Waals surface area contributed by atoms with Gasteiger partial charge in [0, 0.05) is 58.6 Å². The summed E-state index contributed by atoms with van der Waals surface area (Å²) in [4.78, 5) is 32.3. The van der Waals surface area contributed by atoms with E-state index in [-0.39, 0.29) is 24.0 Å². The van der Waals surface area contributed by atoms with Gasteiger partial charge in [0.05, 0.1) is 12.9 Å². The molecule has 1 aromatic rings. The molecule has 2 aliphatic rings. The highest BCUT2D eigenvalue weighted by Gasteiger charge is 2.41. The van der Waals surface area contributed by atoms with E-state index >= 15 is 0 Å². The lowest BCUT2D eigenvalue weighted by molar-refractivity contribution is -0.139. The quantitative estimate of drug-likeness (QED) is 0.676. The zero-order chi connectivity index (χ0) is 19.1. The lowest BCUT2D eigenvalue weighted by Gasteiger charge is -2.47. The Morgan fingerprint density at radius 1 is 1.22 bits per heavy atom. The molecule has 8 nitrogen and oxygen atoms in total. The van der Waals surface area contributed by atoms with Crippen LogP contribution in [-0.2, 0) is 20.8 Å². The standard InChI is InChI=1S/C19H30N4O4/c1-26-13-14-27-18(25)22-10-5-19(6-11-22)4-3-17(24)23(15-19)9-2-8-21-12-7-20-16-21/h7,12,16H,2-6,8-11,13-15H2,1H3. The number of imidazole rings is 1. The maximum absolute atomic E-state index is 12.3. The topological polar surface area (TPSA) is 76.9 Å². The summed E-state index contributed by atoms with van der Waals surface area (Å²) in [6.07, 6.45) is 9.59. The number of likely N-dealkylation sites (tertiary alicyclic amines) is 2. The normalized spacial score (nSPS) is 19.5. The van der Waals surface area contributed by atoms with E-state index < -0.39 is 0 Å². The predicted octanol–water partition coefficient (Wildman–Crippen LogP) is 1.76. The van der Waals surface area contributed by atoms with Crippen LogP contribution in [0.1, 0.15) is 32.1 Å². The molecule has 3 heterocycles. The molecule has 150 valence electrons. The zero-order valence-electron chi connectivity index (χ0n) is 16.1. The minimum Gasteiger partial charge on any atom is -0.447 e. The predicted molar refractivity (Wildman–Crippen MR) is 99.1 cm³/mol. The number of carbonyl (C=O) groups is 2. The molecule has 2 saturated heterocycles. The van der Waals surface area contributed by atoms with Gasteiger partial charge < -0.3 is 23.8 Å². The first-order valence-corrected chi connectivity index (χ1v) is 9.76. The fourth-order valence-electron chi connectivity index (χ4n) is 4.04. The highest BCUT2D eigenvalue weighted by atomic mass is 16.6. The molecular formula is C19H30N4O4. The minimum absolute atomic E-state index is 0.145. The molecule has 0 saturated carbocycles. The molecule has 2 amide bonds. The highest BCUT2D eigenvalue weighted by Crippen LogP contribution is 2.40. The maximum atomic E-state index is 12.3. The van der Waals surface area contributed by atoms with Crippen molar-refractivity contribution in [3.63, 3.8) is 0 Å². The van der Waals surface area contributed by atoms with E-state index in [1.165, 1.54) is 0 Å². The lowest BCUT2D eigenvalue weighted by Crippen LogP contribution is -2.52. The Kier molecular flexibility index (Phi) is 6.71. The molecule has 2 aliphatic heterocycles. The summed E-state index contributed by atoms with van der Waals surface area (Å²) in [5.74, 6) is 0.257. The Bertz CT molecular complexity index is 611. The number of piperidine rings is 2. The van der Waals surface area contributed by atoms with Gasteiger partial charge in [0.15, 0.2) is 0 Å². The van der Waals surface area contributed by atoms with Crippen molar-refractivity contribution in [2.75, 3.05) is 46.5 Å². The molecule has 0 aliphatic carbocycles. The number of aromatic nitrogens is 2. The molecule has 0 radical (unpaired) electrons. The molecular weight excluding hydrogens is 348 g/mol. The number of methoxy groups -OCH3 is 1. The summed E-state index contributed by atoms with van der Waals surface area (Å²) in [5, 5.41) is 0. The van der Waals surface area contributed by atoms with Gasteiger partial charge in [0.1, 0.15) is 6.61 Å². The number of hydrogen-bond donors (Lipinski definition) is 0. The average Bonchev–Trinajstić information content (AvgIpc) is 3.19. The van der Waals surface area contributed by atoms with Crippen molar-refractivity contribution in [2.24, 2.45) is 5.41 Å². The first-order valence-electron chi connectivity index (χ1n) is 9.76. The van der Waals surface area contributed by atoms with Crippen LogP contribution in [0.3, 0.4) is 0 Å². The molecule has 0 atom stereocenters. The number of rotatable bonds is 7. The van der Waals surface area contributed by atoms with Crippen LogP contribution >= 0.6 is 0 Å². The van der Waals surface area contributed by atoms with Gasteiger partial charge in [0.2, 0.25) is 5.91 Å². The number of nitrogens with zero attached hydrogens (tertiary/aromatic N) is 4. The smallest absolute Gasteiger partial charge is 0.409 e. The second kappa shape index (κ2) is 9.21. The summed E-state index contributed by atoms with van der Waals surface area (Å²) in [5.41, 5.74) is 0.145. The third kappa shape index (κ3) is 5.22. The van der Waals surface area contributed by atoms with E-state index in [1.807, 2.05) is 15.7 Å². The molecule has 0 aromatic carbocycles. The Morgan fingerprint density at radius 3 is 2.74 bits per heavy atom. The van der Waals surface area contributed by atoms with E-state index in [2.05, 4.69) is 4.98 Å². The number of ether oxygens (including phenoxy) is 2. The van der Waals surface area contributed by atoms with Gasteiger partial charge in [0.25, 0.3) is 0 Å². The van der Waals surface area contributed by atoms with Gasteiger partial charge in [-0.2, -0.15) is 0 Å². The van der Waals surface area contributed by atoms with E-state index in [1.54, 1.807) is 24.5 Å². The van der Waals surface area contributed by atoms with Crippen molar-refractivity contribution >= 4 is 12.0 Å². The molecule has 1 spiro atoms. The zero-order valence-corrected chi connectivity index (χ0v) is 16.1. The third-order valence-electron chi connectivity index (χ3n) is 5.75. The first kappa shape index (κ1) is 19.7. The van der Waals surface area contributed by atoms with Crippen LogP contribution in [0.15, 0.2) is 18.7 Å². The van der Waals surface area contributed by atoms with Crippen LogP contribution in [-0.4, -0.2) is 77.9 Å². The van der Waals surface area contributed by atoms with Gasteiger partial charge in [-0.3, -0.25) is 4.79 Å². The Hall–Kier alpha value is -2.09. The monoisotopic (exact) mass is 378 g/mol. The molecule has 0 bridgehead atoms. The second-order valence-corrected chi connectivity index (χ2v) is 7.56. The summed E-state index contributed by atoms with van der Waals surface area (Å²) in [7, 11) is 1.59. The fourth-order valence-corrected chi connectivity index (χ4v) is 4.04. The molecule has 3 rings (SSSR count).